The summed E-state index contributed by atoms with van der Waals surface area (Å²) in [6.07, 6.45) is 4.58. The minimum atomic E-state index is -0.939. The summed E-state index contributed by atoms with van der Waals surface area (Å²) >= 11 is 0. The molecule has 8 rings (SSSR count). The normalized spacial score (nSPS) is 32.0. The zero-order valence-electron chi connectivity index (χ0n) is 21.1. The second kappa shape index (κ2) is 7.18. The first kappa shape index (κ1) is 23.3. The third-order valence-electron chi connectivity index (χ3n) is 9.92. The zero-order valence-corrected chi connectivity index (χ0v) is 23.3. The number of halogens is 1. The van der Waals surface area contributed by atoms with E-state index in [2.05, 4.69) is 55.3 Å². The van der Waals surface area contributed by atoms with Crippen LogP contribution in [-0.2, 0) is 18.3 Å². The van der Waals surface area contributed by atoms with E-state index >= 15 is 0 Å². The van der Waals surface area contributed by atoms with Gasteiger partial charge in [-0.1, -0.05) is 6.07 Å². The highest BCUT2D eigenvalue weighted by Crippen LogP contribution is 2.69. The molecule has 1 aromatic heterocycles. The maximum absolute atomic E-state index is 12.9. The van der Waals surface area contributed by atoms with Gasteiger partial charge in [-0.15, -0.1) is 0 Å². The summed E-state index contributed by atoms with van der Waals surface area (Å²) < 4.78 is 7.43. The van der Waals surface area contributed by atoms with Crippen molar-refractivity contribution in [3.63, 3.8) is 0 Å². The van der Waals surface area contributed by atoms with E-state index in [9.17, 15) is 10.2 Å². The van der Waals surface area contributed by atoms with Crippen LogP contribution in [0.4, 0.5) is 5.69 Å². The van der Waals surface area contributed by atoms with Crippen molar-refractivity contribution in [3.8, 4) is 11.5 Å². The van der Waals surface area contributed by atoms with E-state index in [4.69, 9.17) is 4.74 Å². The van der Waals surface area contributed by atoms with Crippen molar-refractivity contribution < 1.29 is 38.9 Å². The van der Waals surface area contributed by atoms with Crippen molar-refractivity contribution in [2.24, 2.45) is 5.92 Å². The number of rotatable bonds is 3. The first-order valence-corrected chi connectivity index (χ1v) is 13.2. The van der Waals surface area contributed by atoms with Crippen LogP contribution in [0.3, 0.4) is 0 Å². The number of ether oxygens (including phenoxy) is 1. The van der Waals surface area contributed by atoms with Gasteiger partial charge in [0.25, 0.3) is 0 Å². The molecule has 2 aliphatic heterocycles. The second-order valence-electron chi connectivity index (χ2n) is 12.7. The Kier molecular flexibility index (Phi) is 4.65. The minimum absolute atomic E-state index is 0. The topological polar surface area (TPSA) is 68.7 Å². The fourth-order valence-corrected chi connectivity index (χ4v) is 8.03. The number of hydrogen-bond acceptors (Lipinski definition) is 4. The number of likely N-dealkylation sites (tertiary alicyclic amines) is 1. The summed E-state index contributed by atoms with van der Waals surface area (Å²) in [7, 11) is 6.56. The van der Waals surface area contributed by atoms with Gasteiger partial charge in [0, 0.05) is 47.6 Å². The van der Waals surface area contributed by atoms with Gasteiger partial charge in [0.15, 0.2) is 17.6 Å². The number of phenols is 1. The summed E-state index contributed by atoms with van der Waals surface area (Å²) in [5.74, 6) is 1.57. The zero-order chi connectivity index (χ0) is 23.9. The molecule has 36 heavy (non-hydrogen) atoms. The molecule has 0 radical (unpaired) electrons. The maximum Gasteiger partial charge on any atom is 0.166 e. The summed E-state index contributed by atoms with van der Waals surface area (Å²) in [5, 5.41) is 25.0. The molecule has 1 saturated carbocycles. The molecule has 3 N–H and O–H groups in total. The molecule has 1 saturated heterocycles. The lowest BCUT2D eigenvalue weighted by atomic mass is 9.49. The smallest absolute Gasteiger partial charge is 0.166 e. The Morgan fingerprint density at radius 3 is 2.72 bits per heavy atom. The Labute approximate surface area is 228 Å². The standard InChI is InChI=1S/C29H33N3O3.HI/c1-32(2,3)18-7-8-21-19(13-18)20-14-29(34)23-12-17-6-9-22(33)26-24(17)28(29,27(35-26)25(20)30-21)10-11-31(23)15-16-4-5-16;/h6-9,13,16,23,27,30,34H,4-5,10-12,14-15H2,1-3H3;1H/t23?,27-,28-,29+;/m0./s1. The van der Waals surface area contributed by atoms with E-state index in [1.165, 1.54) is 35.0 Å². The van der Waals surface area contributed by atoms with Crippen LogP contribution in [0.5, 0.6) is 11.5 Å². The molecule has 190 valence electrons. The van der Waals surface area contributed by atoms with Crippen LogP contribution in [0.15, 0.2) is 30.3 Å². The van der Waals surface area contributed by atoms with Gasteiger partial charge in [-0.05, 0) is 61.4 Å². The third-order valence-corrected chi connectivity index (χ3v) is 9.92. The molecule has 7 heteroatoms. The Morgan fingerprint density at radius 1 is 1.17 bits per heavy atom. The Bertz CT molecular complexity index is 1420. The number of benzene rings is 2. The van der Waals surface area contributed by atoms with Gasteiger partial charge in [-0.25, -0.2) is 0 Å². The molecule has 2 bridgehead atoms. The quantitative estimate of drug-likeness (QED) is 0.308. The van der Waals surface area contributed by atoms with E-state index in [0.29, 0.717) is 12.2 Å². The molecule has 1 spiro atoms. The summed E-state index contributed by atoms with van der Waals surface area (Å²) in [6, 6.07) is 10.6. The van der Waals surface area contributed by atoms with E-state index < -0.39 is 11.0 Å². The number of nitrogens with one attached hydrogen (secondary N) is 1. The average Bonchev–Trinajstić information content (AvgIpc) is 3.44. The summed E-state index contributed by atoms with van der Waals surface area (Å²) in [4.78, 5) is 6.30. The number of piperidine rings is 1. The van der Waals surface area contributed by atoms with Gasteiger partial charge >= 0.3 is 0 Å². The van der Waals surface area contributed by atoms with Gasteiger partial charge in [-0.3, -0.25) is 9.38 Å². The third kappa shape index (κ3) is 2.73. The Balaban J connectivity index is 0.00000220. The van der Waals surface area contributed by atoms with Crippen molar-refractivity contribution in [2.75, 3.05) is 34.2 Å². The SMILES string of the molecule is C[N+](C)(C)c1ccc2[nH]c3c(c2c1)C[C@@]1(O)C2Cc4ccc(O)c5c4[C@@]1(CCN2CC1CC1)[C@H]3O5.[I-]. The van der Waals surface area contributed by atoms with E-state index in [1.54, 1.807) is 6.07 Å². The molecular weight excluding hydrogens is 565 g/mol. The first-order valence-electron chi connectivity index (χ1n) is 13.2. The first-order chi connectivity index (χ1) is 16.7. The molecule has 0 amide bonds. The number of fused-ring (bicyclic) bond motifs is 4. The molecule has 2 fully saturated rings. The predicted octanol–water partition coefficient (Wildman–Crippen LogP) is 0.773. The number of aromatic hydroxyl groups is 1. The molecular formula is C29H34IN3O3. The molecule has 6 nitrogen and oxygen atoms in total. The van der Waals surface area contributed by atoms with Crippen LogP contribution in [0.2, 0.25) is 0 Å². The molecule has 3 aromatic rings. The number of H-pyrrole nitrogens is 1. The van der Waals surface area contributed by atoms with Crippen LogP contribution < -0.4 is 33.2 Å². The van der Waals surface area contributed by atoms with Crippen molar-refractivity contribution in [1.29, 1.82) is 0 Å². The lowest BCUT2D eigenvalue weighted by Crippen LogP contribution is -3.00. The van der Waals surface area contributed by atoms with Gasteiger partial charge in [0.2, 0.25) is 0 Å². The van der Waals surface area contributed by atoms with Gasteiger partial charge in [-0.2, -0.15) is 0 Å². The second-order valence-corrected chi connectivity index (χ2v) is 12.7. The lowest BCUT2D eigenvalue weighted by molar-refractivity contribution is -0.173. The van der Waals surface area contributed by atoms with Crippen LogP contribution in [0.1, 0.15) is 47.8 Å². The van der Waals surface area contributed by atoms with Crippen LogP contribution >= 0.6 is 0 Å². The number of aliphatic hydroxyl groups is 1. The molecule has 1 unspecified atom stereocenters. The minimum Gasteiger partial charge on any atom is -1.00 e. The highest BCUT2D eigenvalue weighted by molar-refractivity contribution is 5.89. The number of quaternary nitrogens is 1. The summed E-state index contributed by atoms with van der Waals surface area (Å²) in [5.41, 5.74) is 5.45. The number of nitrogens with zero attached hydrogens (tertiary/aromatic N) is 2. The molecule has 4 atom stereocenters. The molecule has 3 heterocycles. The Morgan fingerprint density at radius 2 is 1.97 bits per heavy atom. The fourth-order valence-electron chi connectivity index (χ4n) is 8.03. The van der Waals surface area contributed by atoms with E-state index in [-0.39, 0.29) is 41.9 Å². The predicted molar refractivity (Wildman–Crippen MR) is 136 cm³/mol. The number of hydrogen-bond donors (Lipinski definition) is 3. The monoisotopic (exact) mass is 599 g/mol. The number of aromatic nitrogens is 1. The fraction of sp³-hybridized carbons (Fsp3) is 0.517. The van der Waals surface area contributed by atoms with Gasteiger partial charge in [0.1, 0.15) is 5.69 Å². The van der Waals surface area contributed by atoms with Crippen LogP contribution in [0, 0.1) is 5.92 Å². The van der Waals surface area contributed by atoms with Gasteiger partial charge < -0.3 is 43.9 Å². The lowest BCUT2D eigenvalue weighted by Gasteiger charge is -2.62. The largest absolute Gasteiger partial charge is 1.00 e. The van der Waals surface area contributed by atoms with Crippen molar-refractivity contribution >= 4 is 16.6 Å². The molecule has 2 aromatic carbocycles. The summed E-state index contributed by atoms with van der Waals surface area (Å²) in [6.45, 7) is 2.06. The number of aromatic amines is 1. The maximum atomic E-state index is 12.9. The highest BCUT2D eigenvalue weighted by atomic mass is 127. The van der Waals surface area contributed by atoms with Crippen LogP contribution in [0.25, 0.3) is 10.9 Å². The average molecular weight is 600 g/mol. The Hall–Kier alpha value is -1.81. The molecule has 5 aliphatic rings. The van der Waals surface area contributed by atoms with E-state index in [1.807, 2.05) is 0 Å². The van der Waals surface area contributed by atoms with Crippen molar-refractivity contribution in [2.45, 2.75) is 55.3 Å². The van der Waals surface area contributed by atoms with Crippen LogP contribution in [-0.4, -0.2) is 66.0 Å². The number of phenolic OH excluding ortho intramolecular Hbond substituents is 1. The van der Waals surface area contributed by atoms with E-state index in [0.717, 1.165) is 53.1 Å². The highest BCUT2D eigenvalue weighted by Gasteiger charge is 2.72. The van der Waals surface area contributed by atoms with Crippen molar-refractivity contribution in [3.05, 3.63) is 52.7 Å². The van der Waals surface area contributed by atoms with Gasteiger partial charge in [0.05, 0.1) is 37.9 Å². The van der Waals surface area contributed by atoms with Crippen molar-refractivity contribution in [1.82, 2.24) is 14.4 Å². The molecule has 3 aliphatic carbocycles.